The molecule has 0 bridgehead atoms. The Balaban J connectivity index is 2.75. The highest BCUT2D eigenvalue weighted by Crippen LogP contribution is 2.31. The summed E-state index contributed by atoms with van der Waals surface area (Å²) in [5.41, 5.74) is 0. The van der Waals surface area contributed by atoms with Crippen molar-refractivity contribution in [3.63, 3.8) is 0 Å². The van der Waals surface area contributed by atoms with Gasteiger partial charge in [-0.2, -0.15) is 0 Å². The first-order chi connectivity index (χ1) is 6.22. The third kappa shape index (κ3) is 1.29. The van der Waals surface area contributed by atoms with Gasteiger partial charge in [-0.25, -0.2) is 4.39 Å². The van der Waals surface area contributed by atoms with E-state index in [2.05, 4.69) is 0 Å². The first-order valence-electron chi connectivity index (χ1n) is 3.95. The van der Waals surface area contributed by atoms with Crippen molar-refractivity contribution in [2.75, 3.05) is 7.11 Å². The van der Waals surface area contributed by atoms with Gasteiger partial charge in [-0.15, -0.1) is 11.3 Å². The molecule has 2 aromatic rings. The monoisotopic (exact) mass is 196 g/mol. The third-order valence-corrected chi connectivity index (χ3v) is 3.06. The number of halogens is 1. The Morgan fingerprint density at radius 2 is 2.15 bits per heavy atom. The van der Waals surface area contributed by atoms with E-state index < -0.39 is 0 Å². The maximum absolute atomic E-state index is 13.4. The summed E-state index contributed by atoms with van der Waals surface area (Å²) in [6, 6.07) is 5.46. The van der Waals surface area contributed by atoms with E-state index in [1.807, 2.05) is 12.1 Å². The minimum absolute atomic E-state index is 0.126. The molecule has 1 aromatic carbocycles. The molecule has 1 heterocycles. The second-order valence-corrected chi connectivity index (χ2v) is 4.09. The topological polar surface area (TPSA) is 9.23 Å². The van der Waals surface area contributed by atoms with Crippen molar-refractivity contribution in [1.29, 1.82) is 0 Å². The van der Waals surface area contributed by atoms with Crippen molar-refractivity contribution in [2.45, 2.75) is 6.92 Å². The zero-order valence-electron chi connectivity index (χ0n) is 7.43. The number of hydrogen-bond donors (Lipinski definition) is 0. The molecule has 0 amide bonds. The van der Waals surface area contributed by atoms with Crippen LogP contribution in [0.3, 0.4) is 0 Å². The summed E-state index contributed by atoms with van der Waals surface area (Å²) >= 11 is 1.47. The molecule has 0 spiro atoms. The average Bonchev–Trinajstić information content (AvgIpc) is 2.43. The highest BCUT2D eigenvalue weighted by atomic mass is 32.1. The van der Waals surface area contributed by atoms with Gasteiger partial charge < -0.3 is 4.74 Å². The minimum Gasteiger partial charge on any atom is -0.497 e. The zero-order chi connectivity index (χ0) is 9.42. The summed E-state index contributed by atoms with van der Waals surface area (Å²) in [6.07, 6.45) is 0. The molecule has 0 N–H and O–H groups in total. The van der Waals surface area contributed by atoms with Crippen molar-refractivity contribution in [3.8, 4) is 5.75 Å². The summed E-state index contributed by atoms with van der Waals surface area (Å²) in [5.74, 6) is 0.572. The molecule has 1 nitrogen and oxygen atoms in total. The van der Waals surface area contributed by atoms with Crippen molar-refractivity contribution in [3.05, 3.63) is 28.9 Å². The molecular weight excluding hydrogens is 187 g/mol. The van der Waals surface area contributed by atoms with Gasteiger partial charge in [0, 0.05) is 15.0 Å². The quantitative estimate of drug-likeness (QED) is 0.679. The lowest BCUT2D eigenvalue weighted by Crippen LogP contribution is -1.81. The van der Waals surface area contributed by atoms with E-state index in [1.165, 1.54) is 11.3 Å². The molecule has 0 aliphatic carbocycles. The van der Waals surface area contributed by atoms with Gasteiger partial charge in [-0.05, 0) is 25.1 Å². The van der Waals surface area contributed by atoms with E-state index in [4.69, 9.17) is 4.74 Å². The van der Waals surface area contributed by atoms with Crippen LogP contribution < -0.4 is 4.74 Å². The molecule has 0 unspecified atom stereocenters. The lowest BCUT2D eigenvalue weighted by Gasteiger charge is -1.97. The average molecular weight is 196 g/mol. The zero-order valence-corrected chi connectivity index (χ0v) is 8.24. The SMILES string of the molecule is COc1ccc2sc(C)c(F)c2c1. The maximum atomic E-state index is 13.4. The molecule has 0 saturated carbocycles. The Morgan fingerprint density at radius 1 is 1.38 bits per heavy atom. The Kier molecular flexibility index (Phi) is 1.96. The number of fused-ring (bicyclic) bond motifs is 1. The molecule has 2 rings (SSSR count). The van der Waals surface area contributed by atoms with Gasteiger partial charge in [0.1, 0.15) is 11.6 Å². The molecule has 0 aliphatic heterocycles. The second kappa shape index (κ2) is 3.00. The summed E-state index contributed by atoms with van der Waals surface area (Å²) in [5, 5.41) is 0.654. The second-order valence-electron chi connectivity index (χ2n) is 2.83. The molecule has 0 aliphatic rings. The lowest BCUT2D eigenvalue weighted by atomic mass is 10.2. The van der Waals surface area contributed by atoms with Gasteiger partial charge in [-0.3, -0.25) is 0 Å². The van der Waals surface area contributed by atoms with Crippen LogP contribution in [0.1, 0.15) is 4.88 Å². The van der Waals surface area contributed by atoms with Crippen LogP contribution >= 0.6 is 11.3 Å². The smallest absolute Gasteiger partial charge is 0.144 e. The largest absolute Gasteiger partial charge is 0.497 e. The summed E-state index contributed by atoms with van der Waals surface area (Å²) in [4.78, 5) is 0.725. The fraction of sp³-hybridized carbons (Fsp3) is 0.200. The number of ether oxygens (including phenoxy) is 1. The van der Waals surface area contributed by atoms with Gasteiger partial charge in [0.15, 0.2) is 0 Å². The fourth-order valence-corrected chi connectivity index (χ4v) is 2.22. The maximum Gasteiger partial charge on any atom is 0.144 e. The summed E-state index contributed by atoms with van der Waals surface area (Å²) in [6.45, 7) is 1.78. The lowest BCUT2D eigenvalue weighted by molar-refractivity contribution is 0.415. The van der Waals surface area contributed by atoms with E-state index in [-0.39, 0.29) is 5.82 Å². The van der Waals surface area contributed by atoms with Crippen LogP contribution in [0, 0.1) is 12.7 Å². The highest BCUT2D eigenvalue weighted by molar-refractivity contribution is 7.19. The van der Waals surface area contributed by atoms with E-state index in [0.29, 0.717) is 11.1 Å². The Labute approximate surface area is 79.8 Å². The van der Waals surface area contributed by atoms with E-state index in [1.54, 1.807) is 20.1 Å². The standard InChI is InChI=1S/C10H9FOS/c1-6-10(11)8-5-7(12-2)3-4-9(8)13-6/h3-5H,1-2H3. The molecule has 13 heavy (non-hydrogen) atoms. The normalized spacial score (nSPS) is 10.7. The van der Waals surface area contributed by atoms with Gasteiger partial charge in [0.2, 0.25) is 0 Å². The Morgan fingerprint density at radius 3 is 2.85 bits per heavy atom. The highest BCUT2D eigenvalue weighted by Gasteiger charge is 2.08. The van der Waals surface area contributed by atoms with Crippen LogP contribution in [0.4, 0.5) is 4.39 Å². The van der Waals surface area contributed by atoms with Crippen LogP contribution in [-0.2, 0) is 0 Å². The number of thiophene rings is 1. The molecule has 0 fully saturated rings. The molecule has 0 atom stereocenters. The molecule has 1 aromatic heterocycles. The predicted octanol–water partition coefficient (Wildman–Crippen LogP) is 3.36. The third-order valence-electron chi connectivity index (χ3n) is 2.00. The first kappa shape index (κ1) is 8.51. The Bertz CT molecular complexity index is 447. The number of aryl methyl sites for hydroxylation is 1. The van der Waals surface area contributed by atoms with Crippen LogP contribution in [0.15, 0.2) is 18.2 Å². The van der Waals surface area contributed by atoms with Crippen molar-refractivity contribution < 1.29 is 9.13 Å². The molecule has 3 heteroatoms. The van der Waals surface area contributed by atoms with Gasteiger partial charge in [-0.1, -0.05) is 0 Å². The van der Waals surface area contributed by atoms with Crippen molar-refractivity contribution >= 4 is 21.4 Å². The van der Waals surface area contributed by atoms with Crippen LogP contribution in [0.5, 0.6) is 5.75 Å². The predicted molar refractivity (Wildman–Crippen MR) is 53.1 cm³/mol. The Hall–Kier alpha value is -1.09. The number of benzene rings is 1. The van der Waals surface area contributed by atoms with Gasteiger partial charge in [0.25, 0.3) is 0 Å². The van der Waals surface area contributed by atoms with Crippen LogP contribution in [-0.4, -0.2) is 7.11 Å². The fourth-order valence-electron chi connectivity index (χ4n) is 1.30. The van der Waals surface area contributed by atoms with E-state index >= 15 is 0 Å². The molecular formula is C10H9FOS. The summed E-state index contributed by atoms with van der Waals surface area (Å²) in [7, 11) is 1.58. The first-order valence-corrected chi connectivity index (χ1v) is 4.76. The number of methoxy groups -OCH3 is 1. The van der Waals surface area contributed by atoms with E-state index in [0.717, 1.165) is 9.58 Å². The van der Waals surface area contributed by atoms with Crippen LogP contribution in [0.25, 0.3) is 10.1 Å². The number of rotatable bonds is 1. The molecule has 0 saturated heterocycles. The number of hydrogen-bond acceptors (Lipinski definition) is 2. The minimum atomic E-state index is -0.126. The molecule has 0 radical (unpaired) electrons. The van der Waals surface area contributed by atoms with Crippen molar-refractivity contribution in [2.24, 2.45) is 0 Å². The molecule has 68 valence electrons. The summed E-state index contributed by atoms with van der Waals surface area (Å²) < 4.78 is 19.4. The van der Waals surface area contributed by atoms with Crippen molar-refractivity contribution in [1.82, 2.24) is 0 Å². The van der Waals surface area contributed by atoms with Gasteiger partial charge in [0.05, 0.1) is 7.11 Å². The van der Waals surface area contributed by atoms with E-state index in [9.17, 15) is 4.39 Å². The van der Waals surface area contributed by atoms with Crippen LogP contribution in [0.2, 0.25) is 0 Å². The van der Waals surface area contributed by atoms with Gasteiger partial charge >= 0.3 is 0 Å².